The summed E-state index contributed by atoms with van der Waals surface area (Å²) in [6.07, 6.45) is 3.38. The van der Waals surface area contributed by atoms with E-state index in [4.69, 9.17) is 17.3 Å². The van der Waals surface area contributed by atoms with Gasteiger partial charge in [-0.2, -0.15) is 0 Å². The summed E-state index contributed by atoms with van der Waals surface area (Å²) < 4.78 is 0. The van der Waals surface area contributed by atoms with Crippen molar-refractivity contribution < 1.29 is 4.79 Å². The zero-order valence-electron chi connectivity index (χ0n) is 13.0. The van der Waals surface area contributed by atoms with E-state index in [1.54, 1.807) is 0 Å². The normalized spacial score (nSPS) is 12.4. The Balaban J connectivity index is 2.45. The number of hydrogen-bond acceptors (Lipinski definition) is 4. The number of hydrogen-bond donors (Lipinski definition) is 2. The van der Waals surface area contributed by atoms with Gasteiger partial charge in [0.2, 0.25) is 0 Å². The Labute approximate surface area is 131 Å². The van der Waals surface area contributed by atoms with Gasteiger partial charge < -0.3 is 16.0 Å². The van der Waals surface area contributed by atoms with Crippen LogP contribution in [0.4, 0.5) is 5.82 Å². The zero-order chi connectivity index (χ0) is 15.8. The standard InChI is InChI=1S/C15H25ClN4O/c1-4-20(5-2)8-6-7-11(3)19-15(21)12-9-14(17)18-10-13(12)16/h9-11H,4-8H2,1-3H3,(H2,17,18)(H,19,21). The lowest BCUT2D eigenvalue weighted by atomic mass is 10.1. The third-order valence-corrected chi connectivity index (χ3v) is 3.81. The van der Waals surface area contributed by atoms with Gasteiger partial charge in [-0.1, -0.05) is 25.4 Å². The molecule has 0 radical (unpaired) electrons. The lowest BCUT2D eigenvalue weighted by Crippen LogP contribution is -2.34. The fourth-order valence-corrected chi connectivity index (χ4v) is 2.35. The van der Waals surface area contributed by atoms with Crippen LogP contribution in [0.1, 0.15) is 44.0 Å². The number of carbonyl (C=O) groups is 1. The summed E-state index contributed by atoms with van der Waals surface area (Å²) in [5.74, 6) is 0.0863. The molecule has 0 saturated carbocycles. The number of pyridine rings is 1. The van der Waals surface area contributed by atoms with E-state index in [1.165, 1.54) is 12.3 Å². The summed E-state index contributed by atoms with van der Waals surface area (Å²) >= 11 is 5.97. The van der Waals surface area contributed by atoms with E-state index in [2.05, 4.69) is 29.0 Å². The minimum absolute atomic E-state index is 0.0959. The molecule has 0 aromatic carbocycles. The molecule has 1 heterocycles. The molecule has 1 unspecified atom stereocenters. The van der Waals surface area contributed by atoms with Gasteiger partial charge in [0.15, 0.2) is 0 Å². The van der Waals surface area contributed by atoms with Crippen LogP contribution >= 0.6 is 11.6 Å². The van der Waals surface area contributed by atoms with Crippen LogP contribution in [-0.4, -0.2) is 41.5 Å². The van der Waals surface area contributed by atoms with Crippen molar-refractivity contribution in [3.63, 3.8) is 0 Å². The third kappa shape index (κ3) is 5.89. The number of rotatable bonds is 8. The first-order valence-electron chi connectivity index (χ1n) is 7.42. The van der Waals surface area contributed by atoms with E-state index < -0.39 is 0 Å². The van der Waals surface area contributed by atoms with Crippen LogP contribution in [-0.2, 0) is 0 Å². The number of nitrogens with zero attached hydrogens (tertiary/aromatic N) is 2. The van der Waals surface area contributed by atoms with Crippen molar-refractivity contribution in [1.82, 2.24) is 15.2 Å². The topological polar surface area (TPSA) is 71.2 Å². The van der Waals surface area contributed by atoms with E-state index >= 15 is 0 Å². The van der Waals surface area contributed by atoms with Gasteiger partial charge in [-0.05, 0) is 45.5 Å². The molecule has 21 heavy (non-hydrogen) atoms. The molecule has 0 spiro atoms. The maximum Gasteiger partial charge on any atom is 0.253 e. The van der Waals surface area contributed by atoms with E-state index in [1.807, 2.05) is 6.92 Å². The maximum atomic E-state index is 12.1. The lowest BCUT2D eigenvalue weighted by Gasteiger charge is -2.20. The quantitative estimate of drug-likeness (QED) is 0.774. The van der Waals surface area contributed by atoms with Crippen molar-refractivity contribution in [1.29, 1.82) is 0 Å². The van der Waals surface area contributed by atoms with E-state index in [-0.39, 0.29) is 11.9 Å². The molecule has 0 bridgehead atoms. The molecule has 1 rings (SSSR count). The molecule has 1 aromatic heterocycles. The predicted octanol–water partition coefficient (Wildman–Crippen LogP) is 2.56. The van der Waals surface area contributed by atoms with Gasteiger partial charge in [0.1, 0.15) is 5.82 Å². The van der Waals surface area contributed by atoms with E-state index in [0.29, 0.717) is 16.4 Å². The smallest absolute Gasteiger partial charge is 0.253 e. The highest BCUT2D eigenvalue weighted by Gasteiger charge is 2.14. The SMILES string of the molecule is CCN(CC)CCCC(C)NC(=O)c1cc(N)ncc1Cl. The highest BCUT2D eigenvalue weighted by Crippen LogP contribution is 2.16. The first-order valence-corrected chi connectivity index (χ1v) is 7.79. The number of halogens is 1. The fourth-order valence-electron chi connectivity index (χ4n) is 2.16. The molecule has 0 fully saturated rings. The average Bonchev–Trinajstić information content (AvgIpc) is 2.46. The number of nitrogens with two attached hydrogens (primary N) is 1. The molecule has 1 amide bonds. The van der Waals surface area contributed by atoms with Gasteiger partial charge in [0.05, 0.1) is 10.6 Å². The van der Waals surface area contributed by atoms with Crippen LogP contribution in [0.15, 0.2) is 12.3 Å². The highest BCUT2D eigenvalue weighted by atomic mass is 35.5. The van der Waals surface area contributed by atoms with Gasteiger partial charge >= 0.3 is 0 Å². The van der Waals surface area contributed by atoms with Crippen LogP contribution in [0.25, 0.3) is 0 Å². The molecular weight excluding hydrogens is 288 g/mol. The van der Waals surface area contributed by atoms with Crippen molar-refractivity contribution in [3.8, 4) is 0 Å². The Morgan fingerprint density at radius 1 is 1.48 bits per heavy atom. The summed E-state index contributed by atoms with van der Waals surface area (Å²) in [6, 6.07) is 1.60. The predicted molar refractivity (Wildman–Crippen MR) is 87.6 cm³/mol. The van der Waals surface area contributed by atoms with Gasteiger partial charge in [-0.15, -0.1) is 0 Å². The van der Waals surface area contributed by atoms with E-state index in [0.717, 1.165) is 32.5 Å². The number of nitrogen functional groups attached to an aromatic ring is 1. The summed E-state index contributed by atoms with van der Waals surface area (Å²) in [5.41, 5.74) is 5.96. The molecule has 3 N–H and O–H groups in total. The van der Waals surface area contributed by atoms with Crippen LogP contribution in [0.3, 0.4) is 0 Å². The lowest BCUT2D eigenvalue weighted by molar-refractivity contribution is 0.0937. The Hall–Kier alpha value is -1.33. The number of aromatic nitrogens is 1. The second kappa shape index (κ2) is 8.85. The summed E-state index contributed by atoms with van der Waals surface area (Å²) in [4.78, 5) is 18.4. The number of carbonyl (C=O) groups excluding carboxylic acids is 1. The second-order valence-corrected chi connectivity index (χ2v) is 5.54. The minimum Gasteiger partial charge on any atom is -0.384 e. The van der Waals surface area contributed by atoms with Crippen molar-refractivity contribution in [2.75, 3.05) is 25.4 Å². The molecule has 1 aromatic rings. The van der Waals surface area contributed by atoms with Crippen LogP contribution in [0.2, 0.25) is 5.02 Å². The molecule has 5 nitrogen and oxygen atoms in total. The van der Waals surface area contributed by atoms with Crippen molar-refractivity contribution >= 4 is 23.3 Å². The molecule has 0 aliphatic heterocycles. The largest absolute Gasteiger partial charge is 0.384 e. The molecule has 6 heteroatoms. The Kier molecular flexibility index (Phi) is 7.47. The number of nitrogens with one attached hydrogen (secondary N) is 1. The summed E-state index contributed by atoms with van der Waals surface area (Å²) in [5, 5.41) is 3.27. The van der Waals surface area contributed by atoms with Gasteiger partial charge in [-0.3, -0.25) is 4.79 Å². The fraction of sp³-hybridized carbons (Fsp3) is 0.600. The molecule has 0 aliphatic carbocycles. The molecule has 0 aliphatic rings. The highest BCUT2D eigenvalue weighted by molar-refractivity contribution is 6.33. The maximum absolute atomic E-state index is 12.1. The van der Waals surface area contributed by atoms with Gasteiger partial charge in [0.25, 0.3) is 5.91 Å². The molecule has 118 valence electrons. The first kappa shape index (κ1) is 17.7. The minimum atomic E-state index is -0.204. The third-order valence-electron chi connectivity index (χ3n) is 3.50. The average molecular weight is 313 g/mol. The molecule has 1 atom stereocenters. The summed E-state index contributed by atoms with van der Waals surface area (Å²) in [6.45, 7) is 9.48. The first-order chi connectivity index (χ1) is 9.97. The summed E-state index contributed by atoms with van der Waals surface area (Å²) in [7, 11) is 0. The monoisotopic (exact) mass is 312 g/mol. The number of amides is 1. The zero-order valence-corrected chi connectivity index (χ0v) is 13.8. The van der Waals surface area contributed by atoms with Gasteiger partial charge in [-0.25, -0.2) is 4.98 Å². The van der Waals surface area contributed by atoms with Crippen LogP contribution < -0.4 is 11.1 Å². The Morgan fingerprint density at radius 3 is 2.76 bits per heavy atom. The molecular formula is C15H25ClN4O. The Bertz CT molecular complexity index is 463. The van der Waals surface area contributed by atoms with Crippen LogP contribution in [0, 0.1) is 0 Å². The second-order valence-electron chi connectivity index (χ2n) is 5.13. The van der Waals surface area contributed by atoms with E-state index in [9.17, 15) is 4.79 Å². The van der Waals surface area contributed by atoms with Crippen molar-refractivity contribution in [2.24, 2.45) is 0 Å². The van der Waals surface area contributed by atoms with Crippen molar-refractivity contribution in [3.05, 3.63) is 22.8 Å². The Morgan fingerprint density at radius 2 is 2.14 bits per heavy atom. The van der Waals surface area contributed by atoms with Crippen molar-refractivity contribution in [2.45, 2.75) is 39.7 Å². The molecule has 0 saturated heterocycles. The van der Waals surface area contributed by atoms with Gasteiger partial charge in [0, 0.05) is 12.2 Å². The number of anilines is 1. The van der Waals surface area contributed by atoms with Crippen LogP contribution in [0.5, 0.6) is 0 Å².